The van der Waals surface area contributed by atoms with Gasteiger partial charge in [-0.25, -0.2) is 0 Å². The molecule has 1 aromatic heterocycles. The van der Waals surface area contributed by atoms with Gasteiger partial charge in [-0.1, -0.05) is 6.07 Å². The van der Waals surface area contributed by atoms with E-state index in [1.807, 2.05) is 30.6 Å². The van der Waals surface area contributed by atoms with Gasteiger partial charge in [0.1, 0.15) is 6.17 Å². The van der Waals surface area contributed by atoms with Gasteiger partial charge in [0, 0.05) is 29.6 Å². The minimum absolute atomic E-state index is 0.0275. The molecule has 1 aromatic rings. The van der Waals surface area contributed by atoms with Crippen LogP contribution in [0.1, 0.15) is 5.56 Å². The Hall–Kier alpha value is -1.40. The molecule has 19 heavy (non-hydrogen) atoms. The third-order valence-electron chi connectivity index (χ3n) is 2.56. The van der Waals surface area contributed by atoms with Crippen molar-refractivity contribution in [3.8, 4) is 0 Å². The molecule has 0 fully saturated rings. The number of nitrogens with zero attached hydrogens (tertiary/aromatic N) is 1. The molecule has 0 spiro atoms. The van der Waals surface area contributed by atoms with E-state index in [1.54, 1.807) is 6.20 Å². The molecule has 1 aliphatic heterocycles. The third-order valence-corrected chi connectivity index (χ3v) is 3.31. The quantitative estimate of drug-likeness (QED) is 0.731. The number of pyridine rings is 1. The summed E-state index contributed by atoms with van der Waals surface area (Å²) in [5.74, 6) is 0. The van der Waals surface area contributed by atoms with E-state index in [9.17, 15) is 0 Å². The second-order valence-corrected chi connectivity index (χ2v) is 5.37. The van der Waals surface area contributed by atoms with Crippen molar-refractivity contribution in [2.24, 2.45) is 0 Å². The van der Waals surface area contributed by atoms with E-state index in [-0.39, 0.29) is 6.17 Å². The maximum absolute atomic E-state index is 5.24. The van der Waals surface area contributed by atoms with Gasteiger partial charge in [0.25, 0.3) is 0 Å². The third kappa shape index (κ3) is 5.00. The number of hydrogen-bond donors (Lipinski definition) is 3. The Labute approximate surface area is 126 Å². The van der Waals surface area contributed by atoms with Crippen molar-refractivity contribution in [1.82, 2.24) is 20.9 Å². The van der Waals surface area contributed by atoms with Gasteiger partial charge in [0.15, 0.2) is 5.11 Å². The molecule has 1 aliphatic rings. The smallest absolute Gasteiger partial charge is 0.168 e. The normalized spacial score (nSPS) is 17.3. The molecule has 0 saturated heterocycles. The number of dihydropyridines is 1. The zero-order valence-corrected chi connectivity index (χ0v) is 12.7. The van der Waals surface area contributed by atoms with Crippen molar-refractivity contribution in [1.29, 1.82) is 0 Å². The molecule has 0 aliphatic carbocycles. The van der Waals surface area contributed by atoms with Crippen LogP contribution in [0.5, 0.6) is 0 Å². The van der Waals surface area contributed by atoms with Gasteiger partial charge in [0.05, 0.1) is 0 Å². The fourth-order valence-corrected chi connectivity index (χ4v) is 2.12. The first-order chi connectivity index (χ1) is 9.24. The molecule has 0 aromatic carbocycles. The van der Waals surface area contributed by atoms with Crippen molar-refractivity contribution in [3.05, 3.63) is 52.9 Å². The van der Waals surface area contributed by atoms with Gasteiger partial charge in [-0.2, -0.15) is 0 Å². The number of hydrogen-bond acceptors (Lipinski definition) is 3. The summed E-state index contributed by atoms with van der Waals surface area (Å²) in [6.45, 7) is 0.785. The molecule has 1 unspecified atom stereocenters. The molecular formula is C13H15BrN4S. The molecule has 0 bridgehead atoms. The highest BCUT2D eigenvalue weighted by Gasteiger charge is 2.07. The Bertz CT molecular complexity index is 487. The van der Waals surface area contributed by atoms with E-state index >= 15 is 0 Å². The van der Waals surface area contributed by atoms with Crippen LogP contribution in [-0.2, 0) is 6.42 Å². The Kier molecular flexibility index (Phi) is 5.35. The Balaban J connectivity index is 1.67. The fourth-order valence-electron chi connectivity index (χ4n) is 1.61. The molecule has 2 rings (SSSR count). The summed E-state index contributed by atoms with van der Waals surface area (Å²) < 4.78 is 1.01. The van der Waals surface area contributed by atoms with Crippen LogP contribution in [0.4, 0.5) is 0 Å². The summed E-state index contributed by atoms with van der Waals surface area (Å²) in [7, 11) is 0. The van der Waals surface area contributed by atoms with E-state index in [0.29, 0.717) is 5.11 Å². The number of rotatable bonds is 4. The number of aromatic nitrogens is 1. The summed E-state index contributed by atoms with van der Waals surface area (Å²) in [6, 6.07) is 3.99. The van der Waals surface area contributed by atoms with Crippen LogP contribution in [0.2, 0.25) is 0 Å². The highest BCUT2D eigenvalue weighted by atomic mass is 79.9. The topological polar surface area (TPSA) is 49.0 Å². The van der Waals surface area contributed by atoms with Crippen LogP contribution < -0.4 is 16.0 Å². The van der Waals surface area contributed by atoms with Crippen molar-refractivity contribution >= 4 is 33.3 Å². The Morgan fingerprint density at radius 2 is 2.42 bits per heavy atom. The number of halogens is 1. The molecule has 0 radical (unpaired) electrons. The zero-order valence-electron chi connectivity index (χ0n) is 10.3. The molecule has 1 atom stereocenters. The molecule has 6 heteroatoms. The molecule has 0 amide bonds. The average Bonchev–Trinajstić information content (AvgIpc) is 2.43. The molecule has 0 saturated carbocycles. The SMILES string of the molecule is S=C(NCCc1cccnc1)NC1C=CC(Br)=CN1. The van der Waals surface area contributed by atoms with E-state index < -0.39 is 0 Å². The van der Waals surface area contributed by atoms with Crippen LogP contribution in [0, 0.1) is 0 Å². The molecule has 4 nitrogen and oxygen atoms in total. The highest BCUT2D eigenvalue weighted by Crippen LogP contribution is 2.08. The van der Waals surface area contributed by atoms with Crippen molar-refractivity contribution in [3.63, 3.8) is 0 Å². The average molecular weight is 339 g/mol. The first-order valence-electron chi connectivity index (χ1n) is 5.97. The van der Waals surface area contributed by atoms with Crippen LogP contribution in [0.3, 0.4) is 0 Å². The summed E-state index contributed by atoms with van der Waals surface area (Å²) in [5, 5.41) is 10.1. The maximum Gasteiger partial charge on any atom is 0.168 e. The van der Waals surface area contributed by atoms with Gasteiger partial charge in [-0.3, -0.25) is 4.98 Å². The van der Waals surface area contributed by atoms with E-state index in [1.165, 1.54) is 5.56 Å². The van der Waals surface area contributed by atoms with Gasteiger partial charge >= 0.3 is 0 Å². The lowest BCUT2D eigenvalue weighted by Gasteiger charge is -2.20. The number of nitrogens with one attached hydrogen (secondary N) is 3. The minimum atomic E-state index is 0.0275. The first-order valence-corrected chi connectivity index (χ1v) is 7.17. The number of allylic oxidation sites excluding steroid dienone is 2. The summed E-state index contributed by atoms with van der Waals surface area (Å²) in [6.07, 6.45) is 10.4. The first kappa shape index (κ1) is 14.0. The van der Waals surface area contributed by atoms with Crippen molar-refractivity contribution < 1.29 is 0 Å². The van der Waals surface area contributed by atoms with Crippen LogP contribution >= 0.6 is 28.1 Å². The zero-order chi connectivity index (χ0) is 13.5. The van der Waals surface area contributed by atoms with Gasteiger partial charge in [-0.15, -0.1) is 0 Å². The second kappa shape index (κ2) is 7.25. The van der Waals surface area contributed by atoms with E-state index in [2.05, 4.69) is 42.9 Å². The molecule has 2 heterocycles. The lowest BCUT2D eigenvalue weighted by molar-refractivity contribution is 0.644. The lowest BCUT2D eigenvalue weighted by atomic mass is 10.2. The van der Waals surface area contributed by atoms with Crippen molar-refractivity contribution in [2.45, 2.75) is 12.6 Å². The second-order valence-electron chi connectivity index (χ2n) is 4.04. The minimum Gasteiger partial charge on any atom is -0.367 e. The summed E-state index contributed by atoms with van der Waals surface area (Å²) >= 11 is 8.61. The van der Waals surface area contributed by atoms with Crippen LogP contribution in [-0.4, -0.2) is 22.8 Å². The number of thiocarbonyl (C=S) groups is 1. The van der Waals surface area contributed by atoms with E-state index in [4.69, 9.17) is 12.2 Å². The van der Waals surface area contributed by atoms with Crippen LogP contribution in [0.15, 0.2) is 47.4 Å². The summed E-state index contributed by atoms with van der Waals surface area (Å²) in [5.41, 5.74) is 1.19. The van der Waals surface area contributed by atoms with E-state index in [0.717, 1.165) is 17.4 Å². The molecule has 3 N–H and O–H groups in total. The largest absolute Gasteiger partial charge is 0.367 e. The Morgan fingerprint density at radius 1 is 1.53 bits per heavy atom. The maximum atomic E-state index is 5.24. The van der Waals surface area contributed by atoms with Gasteiger partial charge in [0.2, 0.25) is 0 Å². The molecule has 100 valence electrons. The summed E-state index contributed by atoms with van der Waals surface area (Å²) in [4.78, 5) is 4.08. The lowest BCUT2D eigenvalue weighted by Crippen LogP contribution is -2.47. The highest BCUT2D eigenvalue weighted by molar-refractivity contribution is 9.11. The van der Waals surface area contributed by atoms with Crippen molar-refractivity contribution in [2.75, 3.05) is 6.54 Å². The Morgan fingerprint density at radius 3 is 3.11 bits per heavy atom. The predicted molar refractivity (Wildman–Crippen MR) is 84.8 cm³/mol. The monoisotopic (exact) mass is 338 g/mol. The van der Waals surface area contributed by atoms with Gasteiger partial charge in [-0.05, 0) is 58.4 Å². The predicted octanol–water partition coefficient (Wildman–Crippen LogP) is 1.81. The van der Waals surface area contributed by atoms with Gasteiger partial charge < -0.3 is 16.0 Å². The van der Waals surface area contributed by atoms with Crippen LogP contribution in [0.25, 0.3) is 0 Å². The molecular weight excluding hydrogens is 324 g/mol. The standard InChI is InChI=1S/C13H15BrN4S/c14-11-3-4-12(17-9-11)18-13(19)16-7-5-10-2-1-6-15-8-10/h1-4,6,8-9,12,17H,5,7H2,(H2,16,18,19). The fraction of sp³-hybridized carbons (Fsp3) is 0.231.